The minimum atomic E-state index is -1.42. The van der Waals surface area contributed by atoms with Crippen LogP contribution in [0.2, 0.25) is 0 Å². The maximum atomic E-state index is 8.40. The van der Waals surface area contributed by atoms with Crippen LogP contribution >= 0.6 is 0 Å². The van der Waals surface area contributed by atoms with E-state index in [9.17, 15) is 0 Å². The molecule has 0 aromatic rings. The summed E-state index contributed by atoms with van der Waals surface area (Å²) >= 11 is 0. The molecule has 0 bridgehead atoms. The van der Waals surface area contributed by atoms with Crippen molar-refractivity contribution < 1.29 is 8.92 Å². The molecule has 0 aromatic heterocycles. The maximum Gasteiger partial charge on any atom is 0.549 e. The third-order valence-electron chi connectivity index (χ3n) is 0. The van der Waals surface area contributed by atoms with Crippen molar-refractivity contribution in [2.45, 2.75) is 0 Å². The zero-order valence-corrected chi connectivity index (χ0v) is 6.17. The predicted molar refractivity (Wildman–Crippen MR) is 18.6 cm³/mol. The Bertz CT molecular complexity index is 30.6. The van der Waals surface area contributed by atoms with Gasteiger partial charge in [-0.05, 0) is 0 Å². The van der Waals surface area contributed by atoms with Gasteiger partial charge in [-0.3, -0.25) is 8.92 Å². The summed E-state index contributed by atoms with van der Waals surface area (Å²) in [5.74, 6) is 0. The van der Waals surface area contributed by atoms with E-state index in [2.05, 4.69) is 0 Å². The van der Waals surface area contributed by atoms with Crippen LogP contribution < -0.4 is 0 Å². The standard InChI is InChI=1S/Al.Mg.O2Si/c;;1-3-2. The van der Waals surface area contributed by atoms with Gasteiger partial charge >= 0.3 is 9.29 Å². The highest BCUT2D eigenvalue weighted by molar-refractivity contribution is 5.94. The van der Waals surface area contributed by atoms with Gasteiger partial charge in [0, 0.05) is 40.4 Å². The Morgan fingerprint density at radius 2 is 1.20 bits per heavy atom. The molecule has 0 saturated heterocycles. The molecule has 0 spiro atoms. The van der Waals surface area contributed by atoms with E-state index in [-0.39, 0.29) is 40.4 Å². The first-order valence-corrected chi connectivity index (χ1v) is 1.22. The van der Waals surface area contributed by atoms with Crippen molar-refractivity contribution in [3.05, 3.63) is 0 Å². The van der Waals surface area contributed by atoms with E-state index in [4.69, 9.17) is 8.92 Å². The largest absolute Gasteiger partial charge is 0.549 e. The van der Waals surface area contributed by atoms with Crippen molar-refractivity contribution in [2.75, 3.05) is 0 Å². The Kier molecular flexibility index (Phi) is 63.8. The van der Waals surface area contributed by atoms with Crippen molar-refractivity contribution in [3.8, 4) is 0 Å². The van der Waals surface area contributed by atoms with Crippen LogP contribution in [0.15, 0.2) is 0 Å². The van der Waals surface area contributed by atoms with Crippen molar-refractivity contribution in [2.24, 2.45) is 0 Å². The molecule has 0 aliphatic heterocycles. The molecule has 0 unspecified atom stereocenters. The predicted octanol–water partition coefficient (Wildman–Crippen LogP) is -1.38. The van der Waals surface area contributed by atoms with Gasteiger partial charge in [0.25, 0.3) is 0 Å². The Morgan fingerprint density at radius 1 is 1.20 bits per heavy atom. The van der Waals surface area contributed by atoms with Gasteiger partial charge in [0.05, 0.1) is 0 Å². The van der Waals surface area contributed by atoms with Gasteiger partial charge < -0.3 is 0 Å². The molecule has 0 saturated carbocycles. The SMILES string of the molecule is O=[Si]=O.[Al].[Mg]. The molecule has 0 atom stereocenters. The molecular formula is AlMgO2Si. The van der Waals surface area contributed by atoms with Gasteiger partial charge in [-0.1, -0.05) is 0 Å². The van der Waals surface area contributed by atoms with Crippen LogP contribution in [-0.2, 0) is 8.92 Å². The lowest BCUT2D eigenvalue weighted by molar-refractivity contribution is 0.497. The monoisotopic (exact) mass is 111 g/mol. The van der Waals surface area contributed by atoms with Gasteiger partial charge in [-0.2, -0.15) is 0 Å². The van der Waals surface area contributed by atoms with Gasteiger partial charge in [-0.15, -0.1) is 0 Å². The van der Waals surface area contributed by atoms with Crippen LogP contribution in [0.25, 0.3) is 0 Å². The number of hydrogen-bond donors (Lipinski definition) is 0. The van der Waals surface area contributed by atoms with E-state index >= 15 is 0 Å². The molecule has 0 rings (SSSR count). The van der Waals surface area contributed by atoms with Gasteiger partial charge in [-0.25, -0.2) is 0 Å². The highest BCUT2D eigenvalue weighted by atomic mass is 28.2. The van der Waals surface area contributed by atoms with E-state index in [0.717, 1.165) is 0 Å². The minimum Gasteiger partial charge on any atom is -0.274 e. The fraction of sp³-hybridized carbons (Fsp3) is 0. The molecule has 5 heteroatoms. The van der Waals surface area contributed by atoms with Crippen LogP contribution in [0, 0.1) is 0 Å². The first-order chi connectivity index (χ1) is 1.41. The maximum absolute atomic E-state index is 8.40. The van der Waals surface area contributed by atoms with Crippen LogP contribution in [0.4, 0.5) is 0 Å². The molecule has 5 radical (unpaired) electrons. The first-order valence-electron chi connectivity index (χ1n) is 0.408. The van der Waals surface area contributed by atoms with Crippen molar-refractivity contribution in [1.29, 1.82) is 0 Å². The second-order valence-electron chi connectivity index (χ2n) is 0.0833. The van der Waals surface area contributed by atoms with Gasteiger partial charge in [0.2, 0.25) is 0 Å². The summed E-state index contributed by atoms with van der Waals surface area (Å²) in [6.45, 7) is 0. The second kappa shape index (κ2) is 19.4. The number of rotatable bonds is 0. The summed E-state index contributed by atoms with van der Waals surface area (Å²) < 4.78 is 16.8. The van der Waals surface area contributed by atoms with Crippen LogP contribution in [0.1, 0.15) is 0 Å². The molecule has 0 amide bonds. The lowest BCUT2D eigenvalue weighted by atomic mass is 15.9. The topological polar surface area (TPSA) is 34.1 Å². The van der Waals surface area contributed by atoms with Crippen molar-refractivity contribution in [1.82, 2.24) is 0 Å². The Labute approximate surface area is 58.5 Å². The molecule has 5 heavy (non-hydrogen) atoms. The molecule has 2 nitrogen and oxygen atoms in total. The highest BCUT2D eigenvalue weighted by Gasteiger charge is 1.22. The summed E-state index contributed by atoms with van der Waals surface area (Å²) in [6.07, 6.45) is 0. The third-order valence-corrected chi connectivity index (χ3v) is 0. The van der Waals surface area contributed by atoms with Crippen molar-refractivity contribution in [3.63, 3.8) is 0 Å². The number of hydrogen-bond acceptors (Lipinski definition) is 2. The highest BCUT2D eigenvalue weighted by Crippen LogP contribution is 0.759. The average molecular weight is 111 g/mol. The normalized spacial score (nSPS) is 1.60. The van der Waals surface area contributed by atoms with Gasteiger partial charge in [0.1, 0.15) is 0 Å². The Morgan fingerprint density at radius 3 is 1.20 bits per heavy atom. The third kappa shape index (κ3) is 39.9. The van der Waals surface area contributed by atoms with E-state index < -0.39 is 9.29 Å². The van der Waals surface area contributed by atoms with Gasteiger partial charge in [0.15, 0.2) is 0 Å². The summed E-state index contributed by atoms with van der Waals surface area (Å²) in [7, 11) is -1.42. The summed E-state index contributed by atoms with van der Waals surface area (Å²) in [5.41, 5.74) is 0. The molecule has 0 aromatic carbocycles. The average Bonchev–Trinajstić information content (AvgIpc) is 0.918. The Balaban J connectivity index is -0.0000000200. The van der Waals surface area contributed by atoms with Crippen LogP contribution in [-0.4, -0.2) is 49.7 Å². The van der Waals surface area contributed by atoms with E-state index in [1.54, 1.807) is 0 Å². The zero-order valence-electron chi connectivity index (χ0n) is 2.60. The molecule has 0 aliphatic rings. The summed E-state index contributed by atoms with van der Waals surface area (Å²) in [5, 5.41) is 0. The fourth-order valence-electron chi connectivity index (χ4n) is 0. The Hall–Kier alpha value is 1.12. The molecule has 21 valence electrons. The minimum absolute atomic E-state index is 0. The van der Waals surface area contributed by atoms with Crippen molar-refractivity contribution >= 4 is 49.7 Å². The first kappa shape index (κ1) is 16.5. The quantitative estimate of drug-likeness (QED) is 0.361. The van der Waals surface area contributed by atoms with E-state index in [0.29, 0.717) is 0 Å². The van der Waals surface area contributed by atoms with Crippen LogP contribution in [0.3, 0.4) is 0 Å². The summed E-state index contributed by atoms with van der Waals surface area (Å²) in [6, 6.07) is 0. The molecule has 0 fully saturated rings. The molecular weight excluding hydrogens is 111 g/mol. The van der Waals surface area contributed by atoms with E-state index in [1.165, 1.54) is 0 Å². The lowest BCUT2D eigenvalue weighted by Gasteiger charge is -0.944. The summed E-state index contributed by atoms with van der Waals surface area (Å²) in [4.78, 5) is 0. The van der Waals surface area contributed by atoms with Crippen LogP contribution in [0.5, 0.6) is 0 Å². The molecule has 0 aliphatic carbocycles. The van der Waals surface area contributed by atoms with E-state index in [1.807, 2.05) is 0 Å². The fourth-order valence-corrected chi connectivity index (χ4v) is 0. The lowest BCUT2D eigenvalue weighted by Crippen LogP contribution is -1.26. The molecule has 0 heterocycles. The zero-order chi connectivity index (χ0) is 2.71. The molecule has 0 N–H and O–H groups in total. The second-order valence-corrected chi connectivity index (χ2v) is 0.250. The smallest absolute Gasteiger partial charge is 0.274 e.